The first-order valence-electron chi connectivity index (χ1n) is 8.52. The largest absolute Gasteiger partial charge is 0.341 e. The normalized spacial score (nSPS) is 11.5. The van der Waals surface area contributed by atoms with Crippen LogP contribution in [0, 0.1) is 5.82 Å². The molecule has 1 unspecified atom stereocenters. The maximum atomic E-state index is 13.3. The molecule has 136 valence electrons. The Hall–Kier alpha value is -3.47. The summed E-state index contributed by atoms with van der Waals surface area (Å²) < 4.78 is 13.3. The summed E-state index contributed by atoms with van der Waals surface area (Å²) in [7, 11) is 0. The molecular formula is C22H19FN2O2. The fourth-order valence-electron chi connectivity index (χ4n) is 2.78. The number of halogens is 1. The minimum absolute atomic E-state index is 0.173. The van der Waals surface area contributed by atoms with Crippen LogP contribution in [0.5, 0.6) is 0 Å². The van der Waals surface area contributed by atoms with Gasteiger partial charge in [0.1, 0.15) is 5.82 Å². The molecule has 3 aromatic rings. The molecule has 0 aliphatic heterocycles. The number of nitrogens with one attached hydrogen (secondary N) is 2. The van der Waals surface area contributed by atoms with E-state index < -0.39 is 6.04 Å². The Bertz CT molecular complexity index is 923. The fraction of sp³-hybridized carbons (Fsp3) is 0.0909. The summed E-state index contributed by atoms with van der Waals surface area (Å²) in [6, 6.07) is 21.8. The SMILES string of the molecule is CC(=O)Nc1ccc(C(=O)NC(c2ccccc2)c2ccc(F)cc2)cc1. The third kappa shape index (κ3) is 4.79. The zero-order valence-electron chi connectivity index (χ0n) is 14.8. The zero-order valence-corrected chi connectivity index (χ0v) is 14.8. The number of hydrogen-bond acceptors (Lipinski definition) is 2. The highest BCUT2D eigenvalue weighted by atomic mass is 19.1. The Morgan fingerprint density at radius 3 is 2.00 bits per heavy atom. The van der Waals surface area contributed by atoms with Crippen LogP contribution in [0.25, 0.3) is 0 Å². The quantitative estimate of drug-likeness (QED) is 0.711. The van der Waals surface area contributed by atoms with Gasteiger partial charge in [-0.25, -0.2) is 4.39 Å². The van der Waals surface area contributed by atoms with Crippen LogP contribution < -0.4 is 10.6 Å². The molecule has 4 nitrogen and oxygen atoms in total. The van der Waals surface area contributed by atoms with Gasteiger partial charge in [-0.2, -0.15) is 0 Å². The van der Waals surface area contributed by atoms with E-state index in [4.69, 9.17) is 0 Å². The number of anilines is 1. The van der Waals surface area contributed by atoms with Gasteiger partial charge in [0.15, 0.2) is 0 Å². The molecule has 0 saturated carbocycles. The third-order valence-electron chi connectivity index (χ3n) is 4.08. The molecule has 0 aliphatic rings. The highest BCUT2D eigenvalue weighted by molar-refractivity contribution is 5.96. The Morgan fingerprint density at radius 1 is 0.815 bits per heavy atom. The van der Waals surface area contributed by atoms with Crippen LogP contribution in [-0.4, -0.2) is 11.8 Å². The lowest BCUT2D eigenvalue weighted by Gasteiger charge is -2.20. The van der Waals surface area contributed by atoms with Crippen molar-refractivity contribution in [2.24, 2.45) is 0 Å². The summed E-state index contributed by atoms with van der Waals surface area (Å²) in [6.07, 6.45) is 0. The lowest BCUT2D eigenvalue weighted by Crippen LogP contribution is -2.29. The second kappa shape index (κ2) is 8.27. The van der Waals surface area contributed by atoms with E-state index in [1.807, 2.05) is 30.3 Å². The van der Waals surface area contributed by atoms with Gasteiger partial charge in [-0.05, 0) is 47.5 Å². The van der Waals surface area contributed by atoms with Crippen LogP contribution in [0.3, 0.4) is 0 Å². The number of benzene rings is 3. The van der Waals surface area contributed by atoms with Crippen molar-refractivity contribution >= 4 is 17.5 Å². The Labute approximate surface area is 157 Å². The lowest BCUT2D eigenvalue weighted by molar-refractivity contribution is -0.114. The van der Waals surface area contributed by atoms with Gasteiger partial charge >= 0.3 is 0 Å². The van der Waals surface area contributed by atoms with Crippen molar-refractivity contribution in [1.29, 1.82) is 0 Å². The summed E-state index contributed by atoms with van der Waals surface area (Å²) in [5.41, 5.74) is 2.77. The van der Waals surface area contributed by atoms with Gasteiger partial charge < -0.3 is 10.6 Å². The van der Waals surface area contributed by atoms with E-state index in [2.05, 4.69) is 10.6 Å². The average Bonchev–Trinajstić information content (AvgIpc) is 2.67. The van der Waals surface area contributed by atoms with Crippen molar-refractivity contribution in [2.45, 2.75) is 13.0 Å². The molecular weight excluding hydrogens is 343 g/mol. The Kier molecular flexibility index (Phi) is 5.61. The summed E-state index contributed by atoms with van der Waals surface area (Å²) in [4.78, 5) is 23.8. The van der Waals surface area contributed by atoms with Crippen LogP contribution in [0.15, 0.2) is 78.9 Å². The van der Waals surface area contributed by atoms with Crippen LogP contribution in [0.1, 0.15) is 34.5 Å². The first kappa shape index (κ1) is 18.3. The third-order valence-corrected chi connectivity index (χ3v) is 4.08. The van der Waals surface area contributed by atoms with E-state index in [1.54, 1.807) is 36.4 Å². The summed E-state index contributed by atoms with van der Waals surface area (Å²) in [6.45, 7) is 1.42. The first-order valence-corrected chi connectivity index (χ1v) is 8.52. The van der Waals surface area contributed by atoms with E-state index in [9.17, 15) is 14.0 Å². The minimum atomic E-state index is -0.408. The van der Waals surface area contributed by atoms with E-state index in [0.717, 1.165) is 11.1 Å². The minimum Gasteiger partial charge on any atom is -0.341 e. The molecule has 0 radical (unpaired) electrons. The molecule has 3 aromatic carbocycles. The van der Waals surface area contributed by atoms with E-state index in [-0.39, 0.29) is 17.6 Å². The van der Waals surface area contributed by atoms with Crippen LogP contribution in [-0.2, 0) is 4.79 Å². The second-order valence-electron chi connectivity index (χ2n) is 6.13. The van der Waals surface area contributed by atoms with Crippen LogP contribution in [0.4, 0.5) is 10.1 Å². The molecule has 5 heteroatoms. The van der Waals surface area contributed by atoms with Gasteiger partial charge in [0.2, 0.25) is 5.91 Å². The molecule has 0 heterocycles. The maximum absolute atomic E-state index is 13.3. The molecule has 2 N–H and O–H groups in total. The van der Waals surface area contributed by atoms with Gasteiger partial charge in [0.25, 0.3) is 5.91 Å². The number of carbonyl (C=O) groups is 2. The molecule has 0 aromatic heterocycles. The predicted octanol–water partition coefficient (Wildman–Crippen LogP) is 4.30. The standard InChI is InChI=1S/C22H19FN2O2/c1-15(26)24-20-13-9-18(10-14-20)22(27)25-21(16-5-3-2-4-6-16)17-7-11-19(23)12-8-17/h2-14,21H,1H3,(H,24,26)(H,25,27). The Balaban J connectivity index is 1.84. The monoisotopic (exact) mass is 362 g/mol. The summed E-state index contributed by atoms with van der Waals surface area (Å²) in [5, 5.41) is 5.66. The summed E-state index contributed by atoms with van der Waals surface area (Å²) >= 11 is 0. The molecule has 0 spiro atoms. The Morgan fingerprint density at radius 2 is 1.41 bits per heavy atom. The molecule has 1 atom stereocenters. The molecule has 0 bridgehead atoms. The van der Waals surface area contributed by atoms with Gasteiger partial charge in [0.05, 0.1) is 6.04 Å². The maximum Gasteiger partial charge on any atom is 0.252 e. The lowest BCUT2D eigenvalue weighted by atomic mass is 9.98. The van der Waals surface area contributed by atoms with Crippen molar-refractivity contribution in [3.63, 3.8) is 0 Å². The van der Waals surface area contributed by atoms with Crippen LogP contribution in [0.2, 0.25) is 0 Å². The predicted molar refractivity (Wildman–Crippen MR) is 103 cm³/mol. The van der Waals surface area contributed by atoms with Gasteiger partial charge in [-0.15, -0.1) is 0 Å². The molecule has 0 saturated heterocycles. The molecule has 2 amide bonds. The van der Waals surface area contributed by atoms with E-state index >= 15 is 0 Å². The summed E-state index contributed by atoms with van der Waals surface area (Å²) in [5.74, 6) is -0.763. The fourth-order valence-corrected chi connectivity index (χ4v) is 2.78. The smallest absolute Gasteiger partial charge is 0.252 e. The second-order valence-corrected chi connectivity index (χ2v) is 6.13. The van der Waals surface area contributed by atoms with Crippen molar-refractivity contribution in [3.05, 3.63) is 101 Å². The van der Waals surface area contributed by atoms with Gasteiger partial charge in [0, 0.05) is 18.2 Å². The van der Waals surface area contributed by atoms with Crippen LogP contribution >= 0.6 is 0 Å². The molecule has 3 rings (SSSR count). The molecule has 27 heavy (non-hydrogen) atoms. The average molecular weight is 362 g/mol. The molecule has 0 fully saturated rings. The van der Waals surface area contributed by atoms with E-state index in [0.29, 0.717) is 11.3 Å². The highest BCUT2D eigenvalue weighted by Gasteiger charge is 2.18. The number of amides is 2. The molecule has 0 aliphatic carbocycles. The topological polar surface area (TPSA) is 58.2 Å². The van der Waals surface area contributed by atoms with Crippen molar-refractivity contribution < 1.29 is 14.0 Å². The van der Waals surface area contributed by atoms with Gasteiger partial charge in [-0.3, -0.25) is 9.59 Å². The number of hydrogen-bond donors (Lipinski definition) is 2. The first-order chi connectivity index (χ1) is 13.0. The van der Waals surface area contributed by atoms with Crippen molar-refractivity contribution in [1.82, 2.24) is 5.32 Å². The van der Waals surface area contributed by atoms with Crippen molar-refractivity contribution in [3.8, 4) is 0 Å². The zero-order chi connectivity index (χ0) is 19.2. The van der Waals surface area contributed by atoms with E-state index in [1.165, 1.54) is 19.1 Å². The highest BCUT2D eigenvalue weighted by Crippen LogP contribution is 2.23. The van der Waals surface area contributed by atoms with Gasteiger partial charge in [-0.1, -0.05) is 42.5 Å². The van der Waals surface area contributed by atoms with Crippen molar-refractivity contribution in [2.75, 3.05) is 5.32 Å². The number of rotatable bonds is 5. The number of carbonyl (C=O) groups excluding carboxylic acids is 2.